The van der Waals surface area contributed by atoms with E-state index in [0.29, 0.717) is 6.54 Å². The van der Waals surface area contributed by atoms with Crippen molar-refractivity contribution in [1.82, 2.24) is 10.6 Å². The van der Waals surface area contributed by atoms with Crippen molar-refractivity contribution in [2.24, 2.45) is 0 Å². The fraction of sp³-hybridized carbons (Fsp3) is 0.500. The van der Waals surface area contributed by atoms with Gasteiger partial charge in [-0.25, -0.2) is 4.39 Å². The molecule has 19 heavy (non-hydrogen) atoms. The Morgan fingerprint density at radius 2 is 2.05 bits per heavy atom. The highest BCUT2D eigenvalue weighted by Gasteiger charge is 2.08. The van der Waals surface area contributed by atoms with Gasteiger partial charge in [0.2, 0.25) is 5.91 Å². The Bertz CT molecular complexity index is 422. The molecule has 3 nitrogen and oxygen atoms in total. The van der Waals surface area contributed by atoms with Gasteiger partial charge in [-0.15, -0.1) is 0 Å². The molecule has 0 saturated heterocycles. The molecule has 0 bridgehead atoms. The molecule has 106 valence electrons. The van der Waals surface area contributed by atoms with Crippen molar-refractivity contribution >= 4 is 21.8 Å². The van der Waals surface area contributed by atoms with Crippen molar-refractivity contribution in [1.29, 1.82) is 0 Å². The monoisotopic (exact) mass is 330 g/mol. The Labute approximate surface area is 122 Å². The fourth-order valence-electron chi connectivity index (χ4n) is 1.76. The van der Waals surface area contributed by atoms with Gasteiger partial charge >= 0.3 is 0 Å². The molecule has 0 aliphatic rings. The zero-order valence-corrected chi connectivity index (χ0v) is 12.9. The van der Waals surface area contributed by atoms with Gasteiger partial charge in [-0.2, -0.15) is 0 Å². The standard InChI is InChI=1S/C14H20BrFN2O/c1-3-12(4-2)18-14(19)9-17-8-10-7-11(16)5-6-13(10)15/h5-7,12,17H,3-4,8-9H2,1-2H3,(H,18,19). The molecule has 1 rings (SSSR count). The molecule has 1 aromatic carbocycles. The van der Waals surface area contributed by atoms with Gasteiger partial charge in [0, 0.05) is 17.1 Å². The number of amides is 1. The Hall–Kier alpha value is -0.940. The Morgan fingerprint density at radius 1 is 1.37 bits per heavy atom. The minimum Gasteiger partial charge on any atom is -0.352 e. The van der Waals surface area contributed by atoms with Gasteiger partial charge in [0.05, 0.1) is 6.54 Å². The number of benzene rings is 1. The molecule has 0 saturated carbocycles. The van der Waals surface area contributed by atoms with Gasteiger partial charge in [-0.1, -0.05) is 29.8 Å². The highest BCUT2D eigenvalue weighted by atomic mass is 79.9. The van der Waals surface area contributed by atoms with Crippen LogP contribution in [0.25, 0.3) is 0 Å². The number of rotatable bonds is 7. The summed E-state index contributed by atoms with van der Waals surface area (Å²) in [6.45, 7) is 4.78. The number of carbonyl (C=O) groups excluding carboxylic acids is 1. The second-order valence-electron chi connectivity index (χ2n) is 4.42. The first-order valence-corrected chi connectivity index (χ1v) is 7.30. The van der Waals surface area contributed by atoms with Crippen molar-refractivity contribution in [3.63, 3.8) is 0 Å². The molecule has 0 aromatic heterocycles. The van der Waals surface area contributed by atoms with E-state index >= 15 is 0 Å². The lowest BCUT2D eigenvalue weighted by Gasteiger charge is -2.15. The Kier molecular flexibility index (Phi) is 7.02. The molecule has 0 spiro atoms. The lowest BCUT2D eigenvalue weighted by atomic mass is 10.2. The van der Waals surface area contributed by atoms with E-state index in [1.165, 1.54) is 12.1 Å². The van der Waals surface area contributed by atoms with E-state index in [1.54, 1.807) is 6.07 Å². The van der Waals surface area contributed by atoms with Crippen molar-refractivity contribution in [3.05, 3.63) is 34.1 Å². The van der Waals surface area contributed by atoms with Gasteiger partial charge in [-0.3, -0.25) is 4.79 Å². The minimum absolute atomic E-state index is 0.0266. The van der Waals surface area contributed by atoms with Crippen LogP contribution < -0.4 is 10.6 Å². The lowest BCUT2D eigenvalue weighted by Crippen LogP contribution is -2.39. The van der Waals surface area contributed by atoms with Crippen molar-refractivity contribution < 1.29 is 9.18 Å². The first-order valence-electron chi connectivity index (χ1n) is 6.50. The highest BCUT2D eigenvalue weighted by Crippen LogP contribution is 2.17. The van der Waals surface area contributed by atoms with Crippen molar-refractivity contribution in [2.45, 2.75) is 39.3 Å². The zero-order valence-electron chi connectivity index (χ0n) is 11.3. The first kappa shape index (κ1) is 16.1. The summed E-state index contributed by atoms with van der Waals surface area (Å²) < 4.78 is 13.9. The Balaban J connectivity index is 2.37. The van der Waals surface area contributed by atoms with Crippen LogP contribution in [0.1, 0.15) is 32.3 Å². The third-order valence-corrected chi connectivity index (χ3v) is 3.73. The van der Waals surface area contributed by atoms with E-state index in [1.807, 2.05) is 13.8 Å². The third-order valence-electron chi connectivity index (χ3n) is 2.96. The predicted molar refractivity (Wildman–Crippen MR) is 78.3 cm³/mol. The van der Waals surface area contributed by atoms with E-state index in [9.17, 15) is 9.18 Å². The summed E-state index contributed by atoms with van der Waals surface area (Å²) in [5, 5.41) is 5.96. The fourth-order valence-corrected chi connectivity index (χ4v) is 2.15. The van der Waals surface area contributed by atoms with Crippen LogP contribution in [0, 0.1) is 5.82 Å². The predicted octanol–water partition coefficient (Wildman–Crippen LogP) is 2.98. The van der Waals surface area contributed by atoms with Crippen LogP contribution in [-0.2, 0) is 11.3 Å². The summed E-state index contributed by atoms with van der Waals surface area (Å²) in [6, 6.07) is 4.75. The molecule has 0 aliphatic carbocycles. The lowest BCUT2D eigenvalue weighted by molar-refractivity contribution is -0.121. The zero-order chi connectivity index (χ0) is 14.3. The van der Waals surface area contributed by atoms with Crippen LogP contribution >= 0.6 is 15.9 Å². The maximum atomic E-state index is 13.1. The van der Waals surface area contributed by atoms with Crippen molar-refractivity contribution in [2.75, 3.05) is 6.54 Å². The number of carbonyl (C=O) groups is 1. The third kappa shape index (κ3) is 5.70. The SMILES string of the molecule is CCC(CC)NC(=O)CNCc1cc(F)ccc1Br. The summed E-state index contributed by atoms with van der Waals surface area (Å²) in [6.07, 6.45) is 1.86. The smallest absolute Gasteiger partial charge is 0.234 e. The van der Waals surface area contributed by atoms with Crippen LogP contribution in [0.15, 0.2) is 22.7 Å². The van der Waals surface area contributed by atoms with E-state index in [4.69, 9.17) is 0 Å². The average molecular weight is 331 g/mol. The first-order chi connectivity index (χ1) is 9.06. The second-order valence-corrected chi connectivity index (χ2v) is 5.27. The van der Waals surface area contributed by atoms with E-state index in [-0.39, 0.29) is 24.3 Å². The maximum absolute atomic E-state index is 13.1. The second kappa shape index (κ2) is 8.27. The normalized spacial score (nSPS) is 10.8. The minimum atomic E-state index is -0.276. The molecule has 0 unspecified atom stereocenters. The number of halogens is 2. The van der Waals surface area contributed by atoms with Gasteiger partial charge in [0.15, 0.2) is 0 Å². The number of hydrogen-bond donors (Lipinski definition) is 2. The van der Waals surface area contributed by atoms with Crippen molar-refractivity contribution in [3.8, 4) is 0 Å². The van der Waals surface area contributed by atoms with Crippen LogP contribution in [-0.4, -0.2) is 18.5 Å². The van der Waals surface area contributed by atoms with Crippen LogP contribution in [0.5, 0.6) is 0 Å². The molecular formula is C14H20BrFN2O. The Morgan fingerprint density at radius 3 is 2.68 bits per heavy atom. The van der Waals surface area contributed by atoms with E-state index in [2.05, 4.69) is 26.6 Å². The quantitative estimate of drug-likeness (QED) is 0.806. The summed E-state index contributed by atoms with van der Waals surface area (Å²) in [5.41, 5.74) is 0.801. The maximum Gasteiger partial charge on any atom is 0.234 e. The topological polar surface area (TPSA) is 41.1 Å². The molecule has 0 aliphatic heterocycles. The number of nitrogens with one attached hydrogen (secondary N) is 2. The van der Waals surface area contributed by atoms with Crippen LogP contribution in [0.3, 0.4) is 0 Å². The van der Waals surface area contributed by atoms with E-state index < -0.39 is 0 Å². The molecule has 0 heterocycles. The molecule has 0 radical (unpaired) electrons. The van der Waals surface area contributed by atoms with Crippen LogP contribution in [0.4, 0.5) is 4.39 Å². The molecule has 1 amide bonds. The molecule has 5 heteroatoms. The van der Waals surface area contributed by atoms with Gasteiger partial charge < -0.3 is 10.6 Å². The molecule has 1 aromatic rings. The van der Waals surface area contributed by atoms with Gasteiger partial charge in [0.25, 0.3) is 0 Å². The van der Waals surface area contributed by atoms with Gasteiger partial charge in [0.1, 0.15) is 5.82 Å². The largest absolute Gasteiger partial charge is 0.352 e. The van der Waals surface area contributed by atoms with E-state index in [0.717, 1.165) is 22.9 Å². The number of hydrogen-bond acceptors (Lipinski definition) is 2. The highest BCUT2D eigenvalue weighted by molar-refractivity contribution is 9.10. The summed E-state index contributed by atoms with van der Waals surface area (Å²) >= 11 is 3.35. The summed E-state index contributed by atoms with van der Waals surface area (Å²) in [5.74, 6) is -0.303. The summed E-state index contributed by atoms with van der Waals surface area (Å²) in [7, 11) is 0. The molecule has 0 atom stereocenters. The molecular weight excluding hydrogens is 311 g/mol. The average Bonchev–Trinajstić information content (AvgIpc) is 2.40. The summed E-state index contributed by atoms with van der Waals surface area (Å²) in [4.78, 5) is 11.7. The molecule has 0 fully saturated rings. The van der Waals surface area contributed by atoms with Gasteiger partial charge in [-0.05, 0) is 36.6 Å². The van der Waals surface area contributed by atoms with Crippen LogP contribution in [0.2, 0.25) is 0 Å². The molecule has 2 N–H and O–H groups in total.